The van der Waals surface area contributed by atoms with Gasteiger partial charge in [0.15, 0.2) is 0 Å². The van der Waals surface area contributed by atoms with Crippen LogP contribution in [0, 0.1) is 0 Å². The van der Waals surface area contributed by atoms with Crippen molar-refractivity contribution in [3.05, 3.63) is 0 Å². The molecule has 5 heteroatoms. The molecule has 0 aliphatic carbocycles. The molecular weight excluding hydrogens is 206 g/mol. The molecule has 0 heterocycles. The fourth-order valence-corrected chi connectivity index (χ4v) is 1.48. The number of hydrogen-bond acceptors (Lipinski definition) is 3. The van der Waals surface area contributed by atoms with Crippen molar-refractivity contribution in [2.45, 2.75) is 12.8 Å². The fourth-order valence-electron chi connectivity index (χ4n) is 1.48. The Hall–Kier alpha value is 0.130. The molecular formula is C9H22ClNO3. The van der Waals surface area contributed by atoms with Crippen LogP contribution in [0.4, 0.5) is 0 Å². The molecule has 88 valence electrons. The summed E-state index contributed by atoms with van der Waals surface area (Å²) in [7, 11) is 2.04. The second-order valence-corrected chi connectivity index (χ2v) is 3.67. The summed E-state index contributed by atoms with van der Waals surface area (Å²) in [6.07, 6.45) is 1.50. The number of aliphatic hydroxyl groups is 3. The third kappa shape index (κ3) is 7.53. The Labute approximate surface area is 92.2 Å². The van der Waals surface area contributed by atoms with Gasteiger partial charge in [-0.25, -0.2) is 0 Å². The molecule has 0 radical (unpaired) electrons. The minimum atomic E-state index is 0. The van der Waals surface area contributed by atoms with Gasteiger partial charge in [0.25, 0.3) is 0 Å². The molecule has 0 unspecified atom stereocenters. The lowest BCUT2D eigenvalue weighted by atomic mass is 10.3. The van der Waals surface area contributed by atoms with Crippen LogP contribution in [0.15, 0.2) is 0 Å². The van der Waals surface area contributed by atoms with Gasteiger partial charge in [-0.05, 0) is 0 Å². The first kappa shape index (κ1) is 16.6. The molecule has 4 nitrogen and oxygen atoms in total. The quantitative estimate of drug-likeness (QED) is 0.373. The Bertz CT molecular complexity index is 117. The van der Waals surface area contributed by atoms with Crippen LogP contribution in [0.5, 0.6) is 0 Å². The second-order valence-electron chi connectivity index (χ2n) is 3.67. The highest BCUT2D eigenvalue weighted by atomic mass is 35.5. The zero-order valence-corrected chi connectivity index (χ0v) is 9.58. The van der Waals surface area contributed by atoms with Crippen LogP contribution in [0.1, 0.15) is 12.8 Å². The minimum absolute atomic E-state index is 0. The number of likely N-dealkylation sites (N-methyl/N-ethyl adjacent to an activating group) is 1. The van der Waals surface area contributed by atoms with Gasteiger partial charge in [0.05, 0.1) is 26.7 Å². The monoisotopic (exact) mass is 227 g/mol. The summed E-state index contributed by atoms with van der Waals surface area (Å²) in [5.41, 5.74) is 0. The topological polar surface area (TPSA) is 60.7 Å². The van der Waals surface area contributed by atoms with Crippen LogP contribution in [-0.4, -0.2) is 66.3 Å². The number of halogens is 1. The first-order valence-corrected chi connectivity index (χ1v) is 4.84. The van der Waals surface area contributed by atoms with E-state index in [-0.39, 0.29) is 32.2 Å². The molecule has 3 N–H and O–H groups in total. The van der Waals surface area contributed by atoms with Gasteiger partial charge in [-0.15, -0.1) is 0 Å². The van der Waals surface area contributed by atoms with Crippen molar-refractivity contribution >= 4 is 0 Å². The summed E-state index contributed by atoms with van der Waals surface area (Å²) in [6, 6.07) is 0. The van der Waals surface area contributed by atoms with E-state index in [1.807, 2.05) is 7.05 Å². The summed E-state index contributed by atoms with van der Waals surface area (Å²) in [5.74, 6) is 0. The minimum Gasteiger partial charge on any atom is -1.00 e. The Balaban J connectivity index is 0. The predicted molar refractivity (Wildman–Crippen MR) is 51.3 cm³/mol. The van der Waals surface area contributed by atoms with Crippen molar-refractivity contribution in [2.24, 2.45) is 0 Å². The summed E-state index contributed by atoms with van der Waals surface area (Å²) >= 11 is 0. The highest BCUT2D eigenvalue weighted by molar-refractivity contribution is 4.42. The lowest BCUT2D eigenvalue weighted by Gasteiger charge is -2.33. The van der Waals surface area contributed by atoms with Gasteiger partial charge in [-0.1, -0.05) is 0 Å². The fraction of sp³-hybridized carbons (Fsp3) is 1.00. The summed E-state index contributed by atoms with van der Waals surface area (Å²) in [6.45, 7) is 2.96. The second kappa shape index (κ2) is 9.68. The first-order chi connectivity index (χ1) is 6.18. The van der Waals surface area contributed by atoms with Crippen LogP contribution < -0.4 is 12.4 Å². The molecule has 0 aromatic carbocycles. The average molecular weight is 228 g/mol. The largest absolute Gasteiger partial charge is 1.00 e. The number of rotatable bonds is 8. The molecule has 14 heavy (non-hydrogen) atoms. The van der Waals surface area contributed by atoms with Crippen molar-refractivity contribution in [2.75, 3.05) is 46.5 Å². The van der Waals surface area contributed by atoms with Crippen molar-refractivity contribution in [1.29, 1.82) is 0 Å². The van der Waals surface area contributed by atoms with E-state index < -0.39 is 0 Å². The number of nitrogens with zero attached hydrogens (tertiary/aromatic N) is 1. The molecule has 0 saturated heterocycles. The van der Waals surface area contributed by atoms with Crippen LogP contribution in [-0.2, 0) is 0 Å². The predicted octanol–water partition coefficient (Wildman–Crippen LogP) is -3.81. The molecule has 0 amide bonds. The van der Waals surface area contributed by atoms with Crippen molar-refractivity contribution in [3.8, 4) is 0 Å². The highest BCUT2D eigenvalue weighted by Crippen LogP contribution is 2.04. The van der Waals surface area contributed by atoms with Gasteiger partial charge in [0.2, 0.25) is 0 Å². The molecule has 0 aliphatic heterocycles. The first-order valence-electron chi connectivity index (χ1n) is 4.84. The van der Waals surface area contributed by atoms with Gasteiger partial charge >= 0.3 is 0 Å². The van der Waals surface area contributed by atoms with E-state index in [4.69, 9.17) is 15.3 Å². The molecule has 0 atom stereocenters. The summed E-state index contributed by atoms with van der Waals surface area (Å²) in [4.78, 5) is 0. The van der Waals surface area contributed by atoms with E-state index in [9.17, 15) is 0 Å². The van der Waals surface area contributed by atoms with E-state index in [0.717, 1.165) is 30.4 Å². The van der Waals surface area contributed by atoms with E-state index in [1.54, 1.807) is 0 Å². The van der Waals surface area contributed by atoms with Gasteiger partial charge in [-0.2, -0.15) is 0 Å². The number of aliphatic hydroxyl groups excluding tert-OH is 3. The molecule has 0 aromatic heterocycles. The van der Waals surface area contributed by atoms with Crippen molar-refractivity contribution < 1.29 is 32.2 Å². The van der Waals surface area contributed by atoms with Gasteiger partial charge in [0.1, 0.15) is 6.54 Å². The Morgan fingerprint density at radius 2 is 1.21 bits per heavy atom. The van der Waals surface area contributed by atoms with Gasteiger partial charge in [-0.3, -0.25) is 0 Å². The van der Waals surface area contributed by atoms with Crippen molar-refractivity contribution in [1.82, 2.24) is 0 Å². The standard InChI is InChI=1S/C9H22NO3.ClH/c1-10(6-9-13,4-2-7-11)5-3-8-12;/h11-13H,2-9H2,1H3;1H/q+1;/p-1. The normalized spacial score (nSPS) is 11.1. The van der Waals surface area contributed by atoms with Crippen LogP contribution in [0.25, 0.3) is 0 Å². The van der Waals surface area contributed by atoms with Crippen LogP contribution >= 0.6 is 0 Å². The zero-order valence-electron chi connectivity index (χ0n) is 8.82. The van der Waals surface area contributed by atoms with E-state index >= 15 is 0 Å². The van der Waals surface area contributed by atoms with E-state index in [2.05, 4.69) is 0 Å². The highest BCUT2D eigenvalue weighted by Gasteiger charge is 2.19. The third-order valence-electron chi connectivity index (χ3n) is 2.35. The maximum atomic E-state index is 8.86. The van der Waals surface area contributed by atoms with Gasteiger partial charge < -0.3 is 32.2 Å². The SMILES string of the molecule is C[N+](CCO)(CCCO)CCCO.[Cl-]. The van der Waals surface area contributed by atoms with E-state index in [0.29, 0.717) is 6.54 Å². The Morgan fingerprint density at radius 1 is 0.786 bits per heavy atom. The van der Waals surface area contributed by atoms with Crippen LogP contribution in [0.2, 0.25) is 0 Å². The van der Waals surface area contributed by atoms with Gasteiger partial charge in [0, 0.05) is 26.1 Å². The average Bonchev–Trinajstić information content (AvgIpc) is 2.12. The Kier molecular flexibility index (Phi) is 11.4. The maximum absolute atomic E-state index is 8.86. The molecule has 0 aromatic rings. The number of quaternary nitrogens is 1. The lowest BCUT2D eigenvalue weighted by Crippen LogP contribution is -3.00. The number of hydrogen-bond donors (Lipinski definition) is 3. The Morgan fingerprint density at radius 3 is 1.50 bits per heavy atom. The third-order valence-corrected chi connectivity index (χ3v) is 2.35. The summed E-state index contributed by atoms with van der Waals surface area (Å²) < 4.78 is 0.734. The summed E-state index contributed by atoms with van der Waals surface area (Å²) in [5, 5.41) is 26.3. The molecule has 0 saturated carbocycles. The molecule has 0 aliphatic rings. The lowest BCUT2D eigenvalue weighted by molar-refractivity contribution is -0.910. The molecule has 0 spiro atoms. The maximum Gasteiger partial charge on any atom is 0.102 e. The van der Waals surface area contributed by atoms with Crippen LogP contribution in [0.3, 0.4) is 0 Å². The van der Waals surface area contributed by atoms with Crippen molar-refractivity contribution in [3.63, 3.8) is 0 Å². The molecule has 0 rings (SSSR count). The zero-order chi connectivity index (χ0) is 10.2. The molecule has 0 fully saturated rings. The smallest absolute Gasteiger partial charge is 0.102 e. The molecule has 0 bridgehead atoms. The van der Waals surface area contributed by atoms with E-state index in [1.165, 1.54) is 0 Å².